The largest absolute Gasteiger partial charge is 0.481 e. The Balaban J connectivity index is 2.32. The van der Waals surface area contributed by atoms with Crippen LogP contribution in [0.3, 0.4) is 0 Å². The van der Waals surface area contributed by atoms with Crippen LogP contribution >= 0.6 is 0 Å². The van der Waals surface area contributed by atoms with E-state index in [-0.39, 0.29) is 12.3 Å². The van der Waals surface area contributed by atoms with Crippen LogP contribution in [0.25, 0.3) is 0 Å². The molecule has 0 aromatic heterocycles. The zero-order valence-electron chi connectivity index (χ0n) is 11.7. The summed E-state index contributed by atoms with van der Waals surface area (Å²) in [4.78, 5) is 22.4. The maximum atomic E-state index is 11.9. The van der Waals surface area contributed by atoms with Crippen molar-refractivity contribution < 1.29 is 14.7 Å². The number of carboxylic acid groups (broad SMARTS) is 1. The molecule has 0 aliphatic heterocycles. The van der Waals surface area contributed by atoms with Crippen molar-refractivity contribution in [3.05, 3.63) is 0 Å². The van der Waals surface area contributed by atoms with E-state index in [1.807, 2.05) is 13.8 Å². The van der Waals surface area contributed by atoms with E-state index in [1.165, 1.54) is 6.42 Å². The first kappa shape index (κ1) is 15.0. The van der Waals surface area contributed by atoms with Gasteiger partial charge in [-0.15, -0.1) is 0 Å². The van der Waals surface area contributed by atoms with Crippen molar-refractivity contribution in [3.8, 4) is 0 Å². The minimum absolute atomic E-state index is 0.0597. The van der Waals surface area contributed by atoms with E-state index in [1.54, 1.807) is 0 Å². The topological polar surface area (TPSA) is 66.4 Å². The van der Waals surface area contributed by atoms with Gasteiger partial charge in [0.1, 0.15) is 0 Å². The minimum Gasteiger partial charge on any atom is -0.481 e. The van der Waals surface area contributed by atoms with Gasteiger partial charge in [0.2, 0.25) is 5.91 Å². The number of amides is 1. The summed E-state index contributed by atoms with van der Waals surface area (Å²) in [6, 6.07) is 0. The highest BCUT2D eigenvalue weighted by atomic mass is 16.4. The number of carbonyl (C=O) groups excluding carboxylic acids is 1. The molecule has 0 bridgehead atoms. The average molecular weight is 255 g/mol. The van der Waals surface area contributed by atoms with E-state index in [9.17, 15) is 9.59 Å². The van der Waals surface area contributed by atoms with E-state index in [4.69, 9.17) is 5.11 Å². The molecule has 1 aliphatic rings. The summed E-state index contributed by atoms with van der Waals surface area (Å²) < 4.78 is 0. The quantitative estimate of drug-likeness (QED) is 0.766. The van der Waals surface area contributed by atoms with Crippen LogP contribution in [0.2, 0.25) is 0 Å². The standard InChI is InChI=1S/C14H25NO3/c1-10-4-5-11(8-10)9-12(16)15-14(2,3)7-6-13(17)18/h10-11H,4-9H2,1-3H3,(H,15,16)(H,17,18). The Morgan fingerprint density at radius 3 is 2.50 bits per heavy atom. The lowest BCUT2D eigenvalue weighted by Crippen LogP contribution is -2.44. The number of nitrogens with one attached hydrogen (secondary N) is 1. The maximum Gasteiger partial charge on any atom is 0.303 e. The third-order valence-corrected chi connectivity index (χ3v) is 3.72. The van der Waals surface area contributed by atoms with Crippen LogP contribution in [-0.2, 0) is 9.59 Å². The molecule has 0 aromatic rings. The molecule has 2 N–H and O–H groups in total. The fraction of sp³-hybridized carbons (Fsp3) is 0.857. The summed E-state index contributed by atoms with van der Waals surface area (Å²) in [5.41, 5.74) is -0.431. The molecule has 1 saturated carbocycles. The van der Waals surface area contributed by atoms with Crippen molar-refractivity contribution in [2.75, 3.05) is 0 Å². The van der Waals surface area contributed by atoms with Gasteiger partial charge in [-0.2, -0.15) is 0 Å². The first-order valence-electron chi connectivity index (χ1n) is 6.81. The van der Waals surface area contributed by atoms with Crippen molar-refractivity contribution >= 4 is 11.9 Å². The number of carbonyl (C=O) groups is 2. The molecule has 1 rings (SSSR count). The molecule has 18 heavy (non-hydrogen) atoms. The van der Waals surface area contributed by atoms with Crippen LogP contribution in [0.1, 0.15) is 59.3 Å². The van der Waals surface area contributed by atoms with Gasteiger partial charge >= 0.3 is 5.97 Å². The number of aliphatic carboxylic acids is 1. The normalized spacial score (nSPS) is 23.9. The lowest BCUT2D eigenvalue weighted by Gasteiger charge is -2.26. The van der Waals surface area contributed by atoms with Gasteiger partial charge in [-0.3, -0.25) is 9.59 Å². The molecule has 104 valence electrons. The molecule has 0 heterocycles. The van der Waals surface area contributed by atoms with Crippen LogP contribution < -0.4 is 5.32 Å². The Hall–Kier alpha value is -1.06. The zero-order valence-corrected chi connectivity index (χ0v) is 11.7. The van der Waals surface area contributed by atoms with Gasteiger partial charge in [0, 0.05) is 18.4 Å². The summed E-state index contributed by atoms with van der Waals surface area (Å²) in [5, 5.41) is 11.6. The number of hydrogen-bond acceptors (Lipinski definition) is 2. The fourth-order valence-electron chi connectivity index (χ4n) is 2.68. The number of hydrogen-bond donors (Lipinski definition) is 2. The SMILES string of the molecule is CC1CCC(CC(=O)NC(C)(C)CCC(=O)O)C1. The van der Waals surface area contributed by atoms with Gasteiger partial charge in [0.05, 0.1) is 0 Å². The zero-order chi connectivity index (χ0) is 13.8. The number of rotatable bonds is 6. The van der Waals surface area contributed by atoms with Crippen molar-refractivity contribution in [1.82, 2.24) is 5.32 Å². The molecule has 2 unspecified atom stereocenters. The first-order chi connectivity index (χ1) is 8.28. The third kappa shape index (κ3) is 5.52. The van der Waals surface area contributed by atoms with Gasteiger partial charge in [-0.25, -0.2) is 0 Å². The second-order valence-corrected chi connectivity index (χ2v) is 6.31. The van der Waals surface area contributed by atoms with Crippen LogP contribution in [-0.4, -0.2) is 22.5 Å². The van der Waals surface area contributed by atoms with Crippen molar-refractivity contribution in [3.63, 3.8) is 0 Å². The molecular weight excluding hydrogens is 230 g/mol. The van der Waals surface area contributed by atoms with Gasteiger partial charge < -0.3 is 10.4 Å². The molecule has 4 heteroatoms. The Kier molecular flexibility index (Phi) is 5.17. The van der Waals surface area contributed by atoms with E-state index >= 15 is 0 Å². The van der Waals surface area contributed by atoms with Crippen LogP contribution in [0.4, 0.5) is 0 Å². The molecule has 2 atom stereocenters. The third-order valence-electron chi connectivity index (χ3n) is 3.72. The molecule has 0 radical (unpaired) electrons. The van der Waals surface area contributed by atoms with E-state index in [0.717, 1.165) is 18.8 Å². The van der Waals surface area contributed by atoms with Crippen molar-refractivity contribution in [1.29, 1.82) is 0 Å². The van der Waals surface area contributed by atoms with Gasteiger partial charge in [0.25, 0.3) is 0 Å². The molecule has 1 aliphatic carbocycles. The van der Waals surface area contributed by atoms with Gasteiger partial charge in [0.15, 0.2) is 0 Å². The predicted octanol–water partition coefficient (Wildman–Crippen LogP) is 2.57. The van der Waals surface area contributed by atoms with Crippen LogP contribution in [0.15, 0.2) is 0 Å². The molecular formula is C14H25NO3. The maximum absolute atomic E-state index is 11.9. The Morgan fingerprint density at radius 2 is 2.00 bits per heavy atom. The van der Waals surface area contributed by atoms with E-state index in [0.29, 0.717) is 18.8 Å². The predicted molar refractivity (Wildman–Crippen MR) is 70.2 cm³/mol. The highest BCUT2D eigenvalue weighted by Crippen LogP contribution is 2.32. The second-order valence-electron chi connectivity index (χ2n) is 6.31. The Labute approximate surface area is 109 Å². The molecule has 1 amide bonds. The van der Waals surface area contributed by atoms with E-state index in [2.05, 4.69) is 12.2 Å². The lowest BCUT2D eigenvalue weighted by atomic mass is 9.96. The summed E-state index contributed by atoms with van der Waals surface area (Å²) >= 11 is 0. The minimum atomic E-state index is -0.818. The summed E-state index contributed by atoms with van der Waals surface area (Å²) in [6.07, 6.45) is 4.65. The van der Waals surface area contributed by atoms with Gasteiger partial charge in [-0.05, 0) is 44.9 Å². The smallest absolute Gasteiger partial charge is 0.303 e. The molecule has 4 nitrogen and oxygen atoms in total. The van der Waals surface area contributed by atoms with Crippen LogP contribution in [0.5, 0.6) is 0 Å². The summed E-state index contributed by atoms with van der Waals surface area (Å²) in [7, 11) is 0. The molecule has 1 fully saturated rings. The first-order valence-corrected chi connectivity index (χ1v) is 6.81. The van der Waals surface area contributed by atoms with Crippen molar-refractivity contribution in [2.45, 2.75) is 64.8 Å². The van der Waals surface area contributed by atoms with Crippen LogP contribution in [0, 0.1) is 11.8 Å². The summed E-state index contributed by atoms with van der Waals surface area (Å²) in [6.45, 7) is 5.99. The monoisotopic (exact) mass is 255 g/mol. The van der Waals surface area contributed by atoms with Gasteiger partial charge in [-0.1, -0.05) is 13.3 Å². The fourth-order valence-corrected chi connectivity index (χ4v) is 2.68. The molecule has 0 aromatic carbocycles. The Bertz CT molecular complexity index is 312. The highest BCUT2D eigenvalue weighted by molar-refractivity contribution is 5.77. The summed E-state index contributed by atoms with van der Waals surface area (Å²) in [5.74, 6) is 0.490. The number of carboxylic acids is 1. The second kappa shape index (κ2) is 6.21. The Morgan fingerprint density at radius 1 is 1.33 bits per heavy atom. The van der Waals surface area contributed by atoms with Crippen molar-refractivity contribution in [2.24, 2.45) is 11.8 Å². The molecule has 0 saturated heterocycles. The lowest BCUT2D eigenvalue weighted by molar-refractivity contribution is -0.137. The highest BCUT2D eigenvalue weighted by Gasteiger charge is 2.26. The molecule has 0 spiro atoms. The van der Waals surface area contributed by atoms with E-state index < -0.39 is 11.5 Å². The average Bonchev–Trinajstić information content (AvgIpc) is 2.60.